The topological polar surface area (TPSA) is 32.7 Å². The van der Waals surface area contributed by atoms with E-state index in [9.17, 15) is 5.11 Å². The standard InChI is InChI=1S/C16H27NO2/c1-4-17(11-12-19-5-2)13-14(3)16(18)15-9-7-6-8-10-15/h6-10,14,16,18H,4-5,11-13H2,1-3H3. The van der Waals surface area contributed by atoms with Crippen LogP contribution in [0, 0.1) is 5.92 Å². The minimum absolute atomic E-state index is 0.212. The number of likely N-dealkylation sites (N-methyl/N-ethyl adjacent to an activating group) is 1. The van der Waals surface area contributed by atoms with Crippen LogP contribution in [0.3, 0.4) is 0 Å². The Labute approximate surface area is 117 Å². The highest BCUT2D eigenvalue weighted by Gasteiger charge is 2.18. The van der Waals surface area contributed by atoms with Crippen molar-refractivity contribution < 1.29 is 9.84 Å². The molecule has 1 aromatic carbocycles. The molecule has 1 rings (SSSR count). The Kier molecular flexibility index (Phi) is 7.72. The van der Waals surface area contributed by atoms with Gasteiger partial charge in [-0.1, -0.05) is 44.2 Å². The van der Waals surface area contributed by atoms with E-state index in [4.69, 9.17) is 4.74 Å². The zero-order valence-corrected chi connectivity index (χ0v) is 12.4. The summed E-state index contributed by atoms with van der Waals surface area (Å²) < 4.78 is 5.39. The highest BCUT2D eigenvalue weighted by atomic mass is 16.5. The zero-order chi connectivity index (χ0) is 14.1. The fourth-order valence-corrected chi connectivity index (χ4v) is 2.20. The average Bonchev–Trinajstić information content (AvgIpc) is 2.46. The van der Waals surface area contributed by atoms with E-state index >= 15 is 0 Å². The fraction of sp³-hybridized carbons (Fsp3) is 0.625. The number of nitrogens with zero attached hydrogens (tertiary/aromatic N) is 1. The van der Waals surface area contributed by atoms with Gasteiger partial charge >= 0.3 is 0 Å². The van der Waals surface area contributed by atoms with Crippen molar-refractivity contribution >= 4 is 0 Å². The molecule has 0 aliphatic rings. The zero-order valence-electron chi connectivity index (χ0n) is 12.4. The summed E-state index contributed by atoms with van der Waals surface area (Å²) in [6.07, 6.45) is -0.401. The predicted octanol–water partition coefficient (Wildman–Crippen LogP) is 2.71. The first-order valence-corrected chi connectivity index (χ1v) is 7.22. The Balaban J connectivity index is 2.45. The lowest BCUT2D eigenvalue weighted by Gasteiger charge is -2.27. The van der Waals surface area contributed by atoms with Crippen LogP contribution in [0.15, 0.2) is 30.3 Å². The summed E-state index contributed by atoms with van der Waals surface area (Å²) >= 11 is 0. The van der Waals surface area contributed by atoms with Crippen LogP contribution in [0.5, 0.6) is 0 Å². The molecule has 0 amide bonds. The number of rotatable bonds is 9. The van der Waals surface area contributed by atoms with Gasteiger partial charge in [-0.15, -0.1) is 0 Å². The third kappa shape index (κ3) is 5.72. The number of hydrogen-bond acceptors (Lipinski definition) is 3. The molecule has 2 atom stereocenters. The molecule has 2 unspecified atom stereocenters. The first-order valence-electron chi connectivity index (χ1n) is 7.22. The van der Waals surface area contributed by atoms with Gasteiger partial charge in [0, 0.05) is 19.7 Å². The number of hydrogen-bond donors (Lipinski definition) is 1. The van der Waals surface area contributed by atoms with Crippen molar-refractivity contribution in [2.75, 3.05) is 32.8 Å². The van der Waals surface area contributed by atoms with Crippen molar-refractivity contribution in [3.8, 4) is 0 Å². The van der Waals surface area contributed by atoms with E-state index in [0.717, 1.165) is 38.4 Å². The fourth-order valence-electron chi connectivity index (χ4n) is 2.20. The van der Waals surface area contributed by atoms with Crippen molar-refractivity contribution in [3.05, 3.63) is 35.9 Å². The van der Waals surface area contributed by atoms with Crippen LogP contribution in [-0.2, 0) is 4.74 Å². The molecule has 0 radical (unpaired) electrons. The molecule has 0 bridgehead atoms. The molecule has 0 saturated carbocycles. The van der Waals surface area contributed by atoms with Crippen LogP contribution < -0.4 is 0 Å². The van der Waals surface area contributed by atoms with Crippen molar-refractivity contribution in [3.63, 3.8) is 0 Å². The average molecular weight is 265 g/mol. The van der Waals surface area contributed by atoms with Gasteiger partial charge in [0.15, 0.2) is 0 Å². The van der Waals surface area contributed by atoms with E-state index in [1.165, 1.54) is 0 Å². The normalized spacial score (nSPS) is 14.6. The van der Waals surface area contributed by atoms with Gasteiger partial charge in [-0.25, -0.2) is 0 Å². The summed E-state index contributed by atoms with van der Waals surface area (Å²) in [5.74, 6) is 0.212. The molecule has 1 aromatic rings. The minimum atomic E-state index is -0.401. The number of aliphatic hydroxyl groups excluding tert-OH is 1. The molecule has 0 fully saturated rings. The maximum absolute atomic E-state index is 10.3. The summed E-state index contributed by atoms with van der Waals surface area (Å²) in [5, 5.41) is 10.3. The van der Waals surface area contributed by atoms with Gasteiger partial charge < -0.3 is 14.7 Å². The SMILES string of the molecule is CCOCCN(CC)CC(C)C(O)c1ccccc1. The lowest BCUT2D eigenvalue weighted by Crippen LogP contribution is -2.33. The van der Waals surface area contributed by atoms with Gasteiger partial charge in [-0.05, 0) is 24.9 Å². The van der Waals surface area contributed by atoms with E-state index in [1.807, 2.05) is 37.3 Å². The van der Waals surface area contributed by atoms with Gasteiger partial charge in [-0.3, -0.25) is 0 Å². The summed E-state index contributed by atoms with van der Waals surface area (Å²) in [5.41, 5.74) is 0.996. The molecular formula is C16H27NO2. The Morgan fingerprint density at radius 3 is 2.47 bits per heavy atom. The van der Waals surface area contributed by atoms with Gasteiger partial charge in [0.1, 0.15) is 0 Å². The maximum Gasteiger partial charge on any atom is 0.0827 e. The largest absolute Gasteiger partial charge is 0.388 e. The Hall–Kier alpha value is -0.900. The van der Waals surface area contributed by atoms with Crippen LogP contribution >= 0.6 is 0 Å². The van der Waals surface area contributed by atoms with Gasteiger partial charge in [-0.2, -0.15) is 0 Å². The van der Waals surface area contributed by atoms with E-state index in [-0.39, 0.29) is 5.92 Å². The second-order valence-electron chi connectivity index (χ2n) is 4.92. The molecule has 0 heterocycles. The smallest absolute Gasteiger partial charge is 0.0827 e. The molecule has 1 N–H and O–H groups in total. The molecule has 19 heavy (non-hydrogen) atoms. The van der Waals surface area contributed by atoms with Crippen molar-refractivity contribution in [1.82, 2.24) is 4.90 Å². The second-order valence-corrected chi connectivity index (χ2v) is 4.92. The minimum Gasteiger partial charge on any atom is -0.388 e. The monoisotopic (exact) mass is 265 g/mol. The maximum atomic E-state index is 10.3. The Bertz CT molecular complexity index is 329. The molecule has 0 aliphatic carbocycles. The molecule has 0 spiro atoms. The van der Waals surface area contributed by atoms with Gasteiger partial charge in [0.05, 0.1) is 12.7 Å². The molecular weight excluding hydrogens is 238 g/mol. The van der Waals surface area contributed by atoms with Crippen LogP contribution in [-0.4, -0.2) is 42.9 Å². The van der Waals surface area contributed by atoms with E-state index in [2.05, 4.69) is 18.7 Å². The molecule has 0 aliphatic heterocycles. The molecule has 108 valence electrons. The molecule has 3 nitrogen and oxygen atoms in total. The van der Waals surface area contributed by atoms with E-state index in [0.29, 0.717) is 0 Å². The van der Waals surface area contributed by atoms with Crippen LogP contribution in [0.1, 0.15) is 32.4 Å². The quantitative estimate of drug-likeness (QED) is 0.697. The third-order valence-electron chi connectivity index (χ3n) is 3.43. The van der Waals surface area contributed by atoms with Crippen LogP contribution in [0.25, 0.3) is 0 Å². The summed E-state index contributed by atoms with van der Waals surface area (Å²) in [4.78, 5) is 2.33. The van der Waals surface area contributed by atoms with Gasteiger partial charge in [0.25, 0.3) is 0 Å². The highest BCUT2D eigenvalue weighted by Crippen LogP contribution is 2.22. The van der Waals surface area contributed by atoms with Crippen molar-refractivity contribution in [2.24, 2.45) is 5.92 Å². The summed E-state index contributed by atoms with van der Waals surface area (Å²) in [6.45, 7) is 10.6. The Morgan fingerprint density at radius 1 is 1.21 bits per heavy atom. The molecule has 3 heteroatoms. The van der Waals surface area contributed by atoms with Crippen LogP contribution in [0.4, 0.5) is 0 Å². The lowest BCUT2D eigenvalue weighted by molar-refractivity contribution is 0.0706. The predicted molar refractivity (Wildman–Crippen MR) is 79.2 cm³/mol. The van der Waals surface area contributed by atoms with Crippen LogP contribution in [0.2, 0.25) is 0 Å². The number of benzene rings is 1. The number of ether oxygens (including phenoxy) is 1. The third-order valence-corrected chi connectivity index (χ3v) is 3.43. The van der Waals surface area contributed by atoms with E-state index in [1.54, 1.807) is 0 Å². The second kappa shape index (κ2) is 9.08. The van der Waals surface area contributed by atoms with Gasteiger partial charge in [0.2, 0.25) is 0 Å². The Morgan fingerprint density at radius 2 is 1.89 bits per heavy atom. The summed E-state index contributed by atoms with van der Waals surface area (Å²) in [6, 6.07) is 9.88. The first-order chi connectivity index (χ1) is 9.19. The highest BCUT2D eigenvalue weighted by molar-refractivity contribution is 5.17. The molecule has 0 saturated heterocycles. The summed E-state index contributed by atoms with van der Waals surface area (Å²) in [7, 11) is 0. The van der Waals surface area contributed by atoms with Crippen molar-refractivity contribution in [2.45, 2.75) is 26.9 Å². The number of aliphatic hydroxyl groups is 1. The first kappa shape index (κ1) is 16.2. The molecule has 0 aromatic heterocycles. The van der Waals surface area contributed by atoms with Crippen molar-refractivity contribution in [1.29, 1.82) is 0 Å². The van der Waals surface area contributed by atoms with E-state index < -0.39 is 6.10 Å². The lowest BCUT2D eigenvalue weighted by atomic mass is 9.97.